The quantitative estimate of drug-likeness (QED) is 0.727. The highest BCUT2D eigenvalue weighted by Crippen LogP contribution is 2.39. The van der Waals surface area contributed by atoms with Crippen molar-refractivity contribution in [2.75, 3.05) is 13.2 Å². The number of nitrogens with zero attached hydrogens (tertiary/aromatic N) is 1. The number of carbonyl (C=O) groups excluding carboxylic acids is 1. The zero-order valence-electron chi connectivity index (χ0n) is 15.7. The van der Waals surface area contributed by atoms with Crippen molar-refractivity contribution < 1.29 is 19.4 Å². The van der Waals surface area contributed by atoms with Gasteiger partial charge in [0.15, 0.2) is 5.43 Å². The van der Waals surface area contributed by atoms with Crippen LogP contribution in [0.5, 0.6) is 5.75 Å². The molecule has 3 aromatic rings. The lowest BCUT2D eigenvalue weighted by atomic mass is 9.96. The van der Waals surface area contributed by atoms with E-state index in [0.717, 1.165) is 11.1 Å². The predicted octanol–water partition coefficient (Wildman–Crippen LogP) is 3.04. The molecule has 1 atom stereocenters. The number of amides is 1. The molecule has 2 aromatic carbocycles. The van der Waals surface area contributed by atoms with E-state index >= 15 is 0 Å². The van der Waals surface area contributed by atoms with Crippen molar-refractivity contribution in [2.45, 2.75) is 26.3 Å². The minimum atomic E-state index is -0.664. The molecular formula is C22H21NO5. The lowest BCUT2D eigenvalue weighted by molar-refractivity contribution is 0.0716. The summed E-state index contributed by atoms with van der Waals surface area (Å²) in [7, 11) is 0. The van der Waals surface area contributed by atoms with E-state index in [0.29, 0.717) is 23.0 Å². The van der Waals surface area contributed by atoms with Crippen LogP contribution in [0.2, 0.25) is 0 Å². The smallest absolute Gasteiger partial charge is 0.290 e. The number of rotatable bonds is 4. The summed E-state index contributed by atoms with van der Waals surface area (Å²) in [5.41, 5.74) is 2.81. The fourth-order valence-corrected chi connectivity index (χ4v) is 4.03. The molecule has 1 aromatic heterocycles. The zero-order chi connectivity index (χ0) is 20.0. The van der Waals surface area contributed by atoms with E-state index in [1.807, 2.05) is 19.9 Å². The van der Waals surface area contributed by atoms with Gasteiger partial charge in [-0.2, -0.15) is 0 Å². The van der Waals surface area contributed by atoms with Gasteiger partial charge in [-0.1, -0.05) is 18.2 Å². The van der Waals surface area contributed by atoms with E-state index in [1.165, 1.54) is 11.0 Å². The second-order valence-electron chi connectivity index (χ2n) is 7.20. The van der Waals surface area contributed by atoms with Gasteiger partial charge in [-0.25, -0.2) is 0 Å². The average Bonchev–Trinajstić information content (AvgIpc) is 2.92. The van der Waals surface area contributed by atoms with Gasteiger partial charge in [0.05, 0.1) is 17.0 Å². The van der Waals surface area contributed by atoms with Gasteiger partial charge in [-0.3, -0.25) is 9.59 Å². The van der Waals surface area contributed by atoms with Crippen LogP contribution in [0.4, 0.5) is 0 Å². The molecule has 1 aliphatic heterocycles. The molecular weight excluding hydrogens is 358 g/mol. The molecule has 4 rings (SSSR count). The highest BCUT2D eigenvalue weighted by molar-refractivity contribution is 5.99. The van der Waals surface area contributed by atoms with E-state index < -0.39 is 6.04 Å². The molecule has 2 heterocycles. The normalized spacial score (nSPS) is 16.0. The molecule has 0 saturated carbocycles. The summed E-state index contributed by atoms with van der Waals surface area (Å²) in [5, 5.41) is 19.6. The maximum atomic E-state index is 13.4. The summed E-state index contributed by atoms with van der Waals surface area (Å²) >= 11 is 0. The molecule has 0 fully saturated rings. The van der Waals surface area contributed by atoms with Gasteiger partial charge in [0, 0.05) is 13.2 Å². The maximum Gasteiger partial charge on any atom is 0.290 e. The topological polar surface area (TPSA) is 91.0 Å². The number of benzene rings is 2. The first kappa shape index (κ1) is 18.3. The number of phenols is 1. The number of hydrogen-bond donors (Lipinski definition) is 2. The van der Waals surface area contributed by atoms with Gasteiger partial charge in [-0.15, -0.1) is 0 Å². The third kappa shape index (κ3) is 2.77. The Balaban J connectivity index is 2.01. The number of fused-ring (bicyclic) bond motifs is 2. The fourth-order valence-electron chi connectivity index (χ4n) is 4.03. The molecule has 0 spiro atoms. The first-order chi connectivity index (χ1) is 13.4. The van der Waals surface area contributed by atoms with Crippen LogP contribution in [0.3, 0.4) is 0 Å². The van der Waals surface area contributed by atoms with Crippen molar-refractivity contribution in [1.82, 2.24) is 4.90 Å². The van der Waals surface area contributed by atoms with Crippen molar-refractivity contribution in [3.8, 4) is 5.75 Å². The van der Waals surface area contributed by atoms with Crippen LogP contribution in [-0.4, -0.2) is 34.2 Å². The molecule has 2 N–H and O–H groups in total. The van der Waals surface area contributed by atoms with Gasteiger partial charge in [0.25, 0.3) is 5.91 Å². The van der Waals surface area contributed by atoms with Crippen molar-refractivity contribution in [3.05, 3.63) is 74.6 Å². The summed E-state index contributed by atoms with van der Waals surface area (Å²) in [6, 6.07) is 9.54. The summed E-state index contributed by atoms with van der Waals surface area (Å²) in [6.45, 7) is 3.95. The first-order valence-corrected chi connectivity index (χ1v) is 9.21. The van der Waals surface area contributed by atoms with Crippen molar-refractivity contribution in [3.63, 3.8) is 0 Å². The van der Waals surface area contributed by atoms with E-state index in [1.54, 1.807) is 24.3 Å². The Bertz CT molecular complexity index is 1150. The van der Waals surface area contributed by atoms with E-state index in [4.69, 9.17) is 4.42 Å². The zero-order valence-corrected chi connectivity index (χ0v) is 15.7. The maximum absolute atomic E-state index is 13.4. The molecule has 1 unspecified atom stereocenters. The lowest BCUT2D eigenvalue weighted by Gasteiger charge is -2.25. The Morgan fingerprint density at radius 2 is 1.93 bits per heavy atom. The van der Waals surface area contributed by atoms with Crippen LogP contribution < -0.4 is 5.43 Å². The first-order valence-electron chi connectivity index (χ1n) is 9.21. The van der Waals surface area contributed by atoms with Crippen LogP contribution in [0.25, 0.3) is 11.0 Å². The van der Waals surface area contributed by atoms with Gasteiger partial charge in [0.1, 0.15) is 11.3 Å². The van der Waals surface area contributed by atoms with Gasteiger partial charge in [-0.05, 0) is 55.2 Å². The van der Waals surface area contributed by atoms with Crippen LogP contribution in [-0.2, 0) is 0 Å². The Morgan fingerprint density at radius 3 is 2.64 bits per heavy atom. The van der Waals surface area contributed by atoms with Crippen molar-refractivity contribution in [1.29, 1.82) is 0 Å². The van der Waals surface area contributed by atoms with Gasteiger partial charge < -0.3 is 19.5 Å². The summed E-state index contributed by atoms with van der Waals surface area (Å²) < 4.78 is 5.93. The van der Waals surface area contributed by atoms with E-state index in [9.17, 15) is 19.8 Å². The van der Waals surface area contributed by atoms with Crippen molar-refractivity contribution in [2.24, 2.45) is 0 Å². The Labute approximate surface area is 161 Å². The Kier molecular flexibility index (Phi) is 4.43. The molecule has 144 valence electrons. The number of aliphatic hydroxyl groups excluding tert-OH is 1. The summed E-state index contributed by atoms with van der Waals surface area (Å²) in [4.78, 5) is 28.1. The van der Waals surface area contributed by atoms with Crippen LogP contribution in [0.1, 0.15) is 45.3 Å². The molecule has 28 heavy (non-hydrogen) atoms. The number of aryl methyl sites for hydroxylation is 2. The van der Waals surface area contributed by atoms with Crippen LogP contribution in [0, 0.1) is 13.8 Å². The van der Waals surface area contributed by atoms with E-state index in [2.05, 4.69) is 0 Å². The third-order valence-electron chi connectivity index (χ3n) is 5.16. The Morgan fingerprint density at radius 1 is 1.14 bits per heavy atom. The van der Waals surface area contributed by atoms with Gasteiger partial charge >= 0.3 is 0 Å². The average molecular weight is 379 g/mol. The summed E-state index contributed by atoms with van der Waals surface area (Å²) in [6.07, 6.45) is 0.376. The largest absolute Gasteiger partial charge is 0.508 e. The molecule has 1 aliphatic rings. The van der Waals surface area contributed by atoms with Gasteiger partial charge in [0.2, 0.25) is 5.76 Å². The standard InChI is InChI=1S/C22H21NO5/c1-12-9-13(2)17-16(10-12)28-21-18(20(17)26)19(14-5-3-6-15(25)11-14)23(22(21)27)7-4-8-24/h3,5-6,9-11,19,24-25H,4,7-8H2,1-2H3. The monoisotopic (exact) mass is 379 g/mol. The lowest BCUT2D eigenvalue weighted by Crippen LogP contribution is -2.31. The second-order valence-corrected chi connectivity index (χ2v) is 7.20. The minimum Gasteiger partial charge on any atom is -0.508 e. The second kappa shape index (κ2) is 6.80. The predicted molar refractivity (Wildman–Crippen MR) is 105 cm³/mol. The highest BCUT2D eigenvalue weighted by Gasteiger charge is 2.42. The Hall–Kier alpha value is -3.12. The number of aliphatic hydroxyl groups is 1. The number of hydrogen-bond acceptors (Lipinski definition) is 5. The molecule has 0 radical (unpaired) electrons. The molecule has 6 heteroatoms. The fraction of sp³-hybridized carbons (Fsp3) is 0.273. The molecule has 0 saturated heterocycles. The number of phenolic OH excluding ortho intramolecular Hbond substituents is 1. The number of carbonyl (C=O) groups is 1. The molecule has 6 nitrogen and oxygen atoms in total. The SMILES string of the molecule is Cc1cc(C)c2c(=O)c3c(oc2c1)C(=O)N(CCCO)C3c1cccc(O)c1. The summed E-state index contributed by atoms with van der Waals surface area (Å²) in [5.74, 6) is -0.291. The van der Waals surface area contributed by atoms with Crippen LogP contribution in [0.15, 0.2) is 45.6 Å². The van der Waals surface area contributed by atoms with E-state index in [-0.39, 0.29) is 41.6 Å². The third-order valence-corrected chi connectivity index (χ3v) is 5.16. The number of aromatic hydroxyl groups is 1. The molecule has 1 amide bonds. The molecule has 0 bridgehead atoms. The highest BCUT2D eigenvalue weighted by atomic mass is 16.3. The van der Waals surface area contributed by atoms with Crippen molar-refractivity contribution >= 4 is 16.9 Å². The molecule has 0 aliphatic carbocycles. The minimum absolute atomic E-state index is 0.0359. The van der Waals surface area contributed by atoms with Crippen LogP contribution >= 0.6 is 0 Å².